The van der Waals surface area contributed by atoms with Gasteiger partial charge < -0.3 is 51.0 Å². The van der Waals surface area contributed by atoms with Crippen molar-refractivity contribution in [2.75, 3.05) is 46.1 Å². The van der Waals surface area contributed by atoms with Gasteiger partial charge in [0.1, 0.15) is 30.3 Å². The number of carbonyl (C=O) groups excluding carboxylic acids is 6. The molecule has 18 nitrogen and oxygen atoms in total. The number of nitrogens with two attached hydrogens (primary N) is 1. The van der Waals surface area contributed by atoms with Crippen molar-refractivity contribution in [2.45, 2.75) is 134 Å². The average molecular weight is 958 g/mol. The molecule has 6 N–H and O–H groups in total. The summed E-state index contributed by atoms with van der Waals surface area (Å²) in [6.45, 7) is 9.45. The molecule has 1 aromatic carbocycles. The molecule has 2 aromatic heterocycles. The van der Waals surface area contributed by atoms with Crippen LogP contribution in [0.2, 0.25) is 0 Å². The van der Waals surface area contributed by atoms with E-state index < -0.39 is 58.9 Å². The number of carbonyl (C=O) groups is 6. The molecule has 6 heterocycles. The first-order valence-corrected chi connectivity index (χ1v) is 24.7. The summed E-state index contributed by atoms with van der Waals surface area (Å²) < 4.78 is 11.2. The zero-order valence-corrected chi connectivity index (χ0v) is 40.6. The fourth-order valence-electron chi connectivity index (χ4n) is 9.82. The lowest BCUT2D eigenvalue weighted by Gasteiger charge is -2.51. The molecule has 7 atom stereocenters. The maximum atomic E-state index is 14.1. The Kier molecular flexibility index (Phi) is 16.3. The molecule has 0 bridgehead atoms. The molecular weight excluding hydrogens is 891 g/mol. The monoisotopic (exact) mass is 957 g/mol. The Balaban J connectivity index is 0.840. The van der Waals surface area contributed by atoms with E-state index in [1.807, 2.05) is 71.0 Å². The lowest BCUT2D eigenvalue weighted by atomic mass is 9.84. The minimum atomic E-state index is -1.02. The summed E-state index contributed by atoms with van der Waals surface area (Å²) in [5, 5.41) is 19.5. The number of amides is 6. The zero-order valence-electron chi connectivity index (χ0n) is 39.8. The summed E-state index contributed by atoms with van der Waals surface area (Å²) >= 11 is 1.56. The van der Waals surface area contributed by atoms with Gasteiger partial charge in [0.25, 0.3) is 0 Å². The number of likely N-dealkylation sites (tertiary alicyclic amines) is 2. The highest BCUT2D eigenvalue weighted by Crippen LogP contribution is 2.37. The molecule has 0 radical (unpaired) electrons. The molecule has 0 spiro atoms. The van der Waals surface area contributed by atoms with Gasteiger partial charge in [0, 0.05) is 31.6 Å². The first-order valence-electron chi connectivity index (χ1n) is 23.8. The normalized spacial score (nSPS) is 23.4. The Morgan fingerprint density at radius 1 is 0.926 bits per heavy atom. The molecule has 4 aliphatic rings. The smallest absolute Gasteiger partial charge is 0.246 e. The Bertz CT molecular complexity index is 2270. The largest absolute Gasteiger partial charge is 0.391 e. The van der Waals surface area contributed by atoms with E-state index in [1.165, 1.54) is 4.90 Å². The minimum Gasteiger partial charge on any atom is -0.391 e. The maximum Gasteiger partial charge on any atom is 0.246 e. The van der Waals surface area contributed by atoms with Crippen LogP contribution < -0.4 is 21.7 Å². The number of aliphatic hydroxyl groups is 1. The van der Waals surface area contributed by atoms with Crippen molar-refractivity contribution in [3.05, 3.63) is 71.1 Å². The number of fused-ring (bicyclic) bond motifs is 1. The Hall–Kier alpha value is -5.34. The van der Waals surface area contributed by atoms with Crippen molar-refractivity contribution in [3.63, 3.8) is 0 Å². The third-order valence-electron chi connectivity index (χ3n) is 13.6. The number of rotatable bonds is 17. The van der Waals surface area contributed by atoms with Gasteiger partial charge in [-0.1, -0.05) is 63.9 Å². The van der Waals surface area contributed by atoms with Crippen molar-refractivity contribution >= 4 is 46.8 Å². The maximum absolute atomic E-state index is 14.1. The van der Waals surface area contributed by atoms with Crippen molar-refractivity contribution in [3.8, 4) is 10.4 Å². The van der Waals surface area contributed by atoms with Gasteiger partial charge in [-0.3, -0.25) is 33.8 Å². The summed E-state index contributed by atoms with van der Waals surface area (Å²) in [7, 11) is 0. The van der Waals surface area contributed by atoms with Gasteiger partial charge in [0.05, 0.1) is 72.9 Å². The van der Waals surface area contributed by atoms with Gasteiger partial charge >= 0.3 is 0 Å². The van der Waals surface area contributed by atoms with Gasteiger partial charge in [-0.2, -0.15) is 0 Å². The lowest BCUT2D eigenvalue weighted by Crippen LogP contribution is -2.71. The Morgan fingerprint density at radius 2 is 1.66 bits per heavy atom. The lowest BCUT2D eigenvalue weighted by molar-refractivity contribution is -0.153. The Morgan fingerprint density at radius 3 is 2.35 bits per heavy atom. The topological polar surface area (TPSA) is 239 Å². The van der Waals surface area contributed by atoms with Crippen molar-refractivity contribution in [1.29, 1.82) is 0 Å². The number of ether oxygens (including phenoxy) is 2. The van der Waals surface area contributed by atoms with Crippen molar-refractivity contribution < 1.29 is 43.3 Å². The highest BCUT2D eigenvalue weighted by atomic mass is 32.1. The molecular formula is C49H67N9O9S. The molecule has 68 heavy (non-hydrogen) atoms. The van der Waals surface area contributed by atoms with Crippen LogP contribution in [0, 0.1) is 12.3 Å². The van der Waals surface area contributed by atoms with Crippen LogP contribution in [-0.4, -0.2) is 148 Å². The summed E-state index contributed by atoms with van der Waals surface area (Å²) in [5.74, 6) is -2.01. The molecule has 4 aliphatic heterocycles. The average Bonchev–Trinajstić information content (AvgIpc) is 4.04. The number of nitrogens with one attached hydrogen (secondary N) is 3. The van der Waals surface area contributed by atoms with Crippen LogP contribution in [0.1, 0.15) is 102 Å². The van der Waals surface area contributed by atoms with Crippen LogP contribution in [0.4, 0.5) is 0 Å². The van der Waals surface area contributed by atoms with Crippen LogP contribution in [0.15, 0.2) is 54.2 Å². The molecule has 0 saturated carbocycles. The standard InChI is InChI=1S/C49H67N9O9S/c1-30(32-13-15-33(16-14-32)42-31(2)52-29-68-42)53-44(62)38-24-35(59)25-57(38)47(65)43(48(3,4)5)54-41(61)26-67-23-22-66-21-19-40(60)55-49(39-12-8-9-20-51-39)27-56(28-49)46(64)37-18-17-34-10-6-7-11-36(50)45(63)58(34)37/h8-9,12-16,20,29-30,34-38,43,59H,6-7,10-11,17-19,21-28,50H2,1-5H3,(H,53,62)(H,54,61)(H,55,60)/t30-,34+,35+,36-,37-,38-,43+/m0/s1. The second-order valence-electron chi connectivity index (χ2n) is 19.7. The van der Waals surface area contributed by atoms with Crippen molar-refractivity contribution in [2.24, 2.45) is 11.1 Å². The summed E-state index contributed by atoms with van der Waals surface area (Å²) in [4.78, 5) is 96.0. The number of β-amino-alcohol motifs (C(OH)–C–C–N with tert-alkyl or cyclic N) is 1. The SMILES string of the molecule is Cc1ncsc1-c1ccc([C@H](C)NC(=O)[C@@H]2C[C@@H](O)CN2C(=O)[C@@H](NC(=O)COCCOCCC(=O)NC2(c3ccccn3)CN(C(=O)[C@@H]3CC[C@H]4CCCC[C@H](N)C(=O)N43)C2)C(C)(C)C)cc1. The van der Waals surface area contributed by atoms with E-state index in [0.717, 1.165) is 47.4 Å². The number of thiazole rings is 1. The van der Waals surface area contributed by atoms with Crippen molar-refractivity contribution in [1.82, 2.24) is 40.6 Å². The number of hydrogen-bond acceptors (Lipinski definition) is 13. The molecule has 4 fully saturated rings. The molecule has 7 rings (SSSR count). The number of aryl methyl sites for hydroxylation is 1. The predicted molar refractivity (Wildman–Crippen MR) is 253 cm³/mol. The van der Waals surface area contributed by atoms with E-state index in [4.69, 9.17) is 15.2 Å². The molecule has 19 heteroatoms. The second-order valence-corrected chi connectivity index (χ2v) is 20.6. The Labute approximate surface area is 402 Å². The number of aromatic nitrogens is 2. The molecule has 4 saturated heterocycles. The van der Waals surface area contributed by atoms with E-state index in [-0.39, 0.29) is 88.7 Å². The number of aliphatic hydroxyl groups excluding tert-OH is 1. The number of hydrogen-bond donors (Lipinski definition) is 5. The summed E-state index contributed by atoms with van der Waals surface area (Å²) in [5.41, 5.74) is 9.86. The number of benzene rings is 1. The van der Waals surface area contributed by atoms with Crippen LogP contribution in [-0.2, 0) is 43.8 Å². The molecule has 0 unspecified atom stereocenters. The van der Waals surface area contributed by atoms with Gasteiger partial charge in [-0.15, -0.1) is 11.3 Å². The highest BCUT2D eigenvalue weighted by Gasteiger charge is 2.53. The van der Waals surface area contributed by atoms with E-state index in [2.05, 4.69) is 25.9 Å². The number of pyridine rings is 1. The van der Waals surface area contributed by atoms with E-state index in [0.29, 0.717) is 18.5 Å². The predicted octanol–water partition coefficient (Wildman–Crippen LogP) is 2.72. The fourth-order valence-corrected chi connectivity index (χ4v) is 10.6. The van der Waals surface area contributed by atoms with E-state index in [1.54, 1.807) is 38.9 Å². The van der Waals surface area contributed by atoms with Crippen LogP contribution in [0.25, 0.3) is 10.4 Å². The minimum absolute atomic E-state index is 0.0149. The van der Waals surface area contributed by atoms with Crippen LogP contribution in [0.5, 0.6) is 0 Å². The first-order chi connectivity index (χ1) is 32.5. The fraction of sp³-hybridized carbons (Fsp3) is 0.592. The van der Waals surface area contributed by atoms with Gasteiger partial charge in [-0.25, -0.2) is 4.98 Å². The zero-order chi connectivity index (χ0) is 48.8. The quantitative estimate of drug-likeness (QED) is 0.123. The second kappa shape index (κ2) is 22.0. The van der Waals surface area contributed by atoms with E-state index >= 15 is 0 Å². The van der Waals surface area contributed by atoms with Gasteiger partial charge in [-0.05, 0) is 68.2 Å². The van der Waals surface area contributed by atoms with Crippen LogP contribution >= 0.6 is 11.3 Å². The first kappa shape index (κ1) is 50.5. The molecule has 6 amide bonds. The third kappa shape index (κ3) is 11.7. The summed E-state index contributed by atoms with van der Waals surface area (Å²) in [6.07, 6.45) is 5.52. The summed E-state index contributed by atoms with van der Waals surface area (Å²) in [6, 6.07) is 9.82. The number of nitrogens with zero attached hydrogens (tertiary/aromatic N) is 5. The van der Waals surface area contributed by atoms with Gasteiger partial charge in [0.15, 0.2) is 0 Å². The van der Waals surface area contributed by atoms with E-state index in [9.17, 15) is 33.9 Å². The molecule has 368 valence electrons. The highest BCUT2D eigenvalue weighted by molar-refractivity contribution is 7.13. The van der Waals surface area contributed by atoms with Gasteiger partial charge in [0.2, 0.25) is 35.4 Å². The van der Waals surface area contributed by atoms with Crippen LogP contribution in [0.3, 0.4) is 0 Å². The molecule has 0 aliphatic carbocycles. The third-order valence-corrected chi connectivity index (χ3v) is 14.5. The molecule has 3 aromatic rings.